The van der Waals surface area contributed by atoms with Gasteiger partial charge in [-0.1, -0.05) is 26.0 Å². The molecular weight excluding hydrogens is 719 g/mol. The van der Waals surface area contributed by atoms with E-state index in [4.69, 9.17) is 4.74 Å². The summed E-state index contributed by atoms with van der Waals surface area (Å²) < 4.78 is 9.29. The molecule has 1 atom stereocenters. The Morgan fingerprint density at radius 1 is 0.877 bits per heavy atom. The van der Waals surface area contributed by atoms with Gasteiger partial charge in [0.2, 0.25) is 0 Å². The zero-order valence-electron chi connectivity index (χ0n) is 34.2. The molecule has 14 nitrogen and oxygen atoms in total. The highest BCUT2D eigenvalue weighted by atomic mass is 16.6. The van der Waals surface area contributed by atoms with Crippen molar-refractivity contribution in [1.82, 2.24) is 39.3 Å². The van der Waals surface area contributed by atoms with Crippen LogP contribution < -0.4 is 15.1 Å². The number of nitrogens with zero attached hydrogens (tertiary/aromatic N) is 10. The Kier molecular flexibility index (Phi) is 11.9. The summed E-state index contributed by atoms with van der Waals surface area (Å²) in [6.45, 7) is 10.9. The van der Waals surface area contributed by atoms with Gasteiger partial charge in [-0.2, -0.15) is 5.26 Å². The van der Waals surface area contributed by atoms with Crippen molar-refractivity contribution in [3.63, 3.8) is 0 Å². The normalized spacial score (nSPS) is 13.6. The average Bonchev–Trinajstić information content (AvgIpc) is 3.76. The van der Waals surface area contributed by atoms with Crippen molar-refractivity contribution in [1.29, 1.82) is 5.26 Å². The second kappa shape index (κ2) is 16.8. The van der Waals surface area contributed by atoms with E-state index in [1.54, 1.807) is 25.0 Å². The maximum atomic E-state index is 12.0. The SMILES string of the molecule is CCc1cc(C(C#N)N2CC(NC(=O)OC(C)(C)C)C2)ccc1N(C)c1cc2c(cn1)ncn2C.CCc1cc(C=O)ccc1N(C)c1cc2c(cn1)ncn2C. The number of alkyl carbamates (subject to hydrolysis) is 1. The van der Waals surface area contributed by atoms with E-state index in [0.717, 1.165) is 80.9 Å². The number of pyridine rings is 2. The first-order chi connectivity index (χ1) is 27.2. The van der Waals surface area contributed by atoms with Crippen LogP contribution >= 0.6 is 0 Å². The fourth-order valence-corrected chi connectivity index (χ4v) is 6.98. The Morgan fingerprint density at radius 3 is 1.89 bits per heavy atom. The Morgan fingerprint density at radius 2 is 1.40 bits per heavy atom. The van der Waals surface area contributed by atoms with E-state index >= 15 is 0 Å². The van der Waals surface area contributed by atoms with Crippen molar-refractivity contribution in [2.24, 2.45) is 14.1 Å². The summed E-state index contributed by atoms with van der Waals surface area (Å²) in [5, 5.41) is 12.8. The summed E-state index contributed by atoms with van der Waals surface area (Å²) in [5.74, 6) is 1.68. The predicted molar refractivity (Wildman–Crippen MR) is 223 cm³/mol. The molecule has 2 aromatic carbocycles. The van der Waals surface area contributed by atoms with E-state index in [1.807, 2.05) is 99.4 Å². The van der Waals surface area contributed by atoms with E-state index in [-0.39, 0.29) is 12.1 Å². The van der Waals surface area contributed by atoms with Crippen LogP contribution in [0.4, 0.5) is 27.8 Å². The van der Waals surface area contributed by atoms with E-state index in [9.17, 15) is 14.9 Å². The number of rotatable bonds is 10. The summed E-state index contributed by atoms with van der Waals surface area (Å²) in [6.07, 6.45) is 9.28. The Labute approximate surface area is 333 Å². The maximum absolute atomic E-state index is 12.0. The van der Waals surface area contributed by atoms with Gasteiger partial charge in [0.1, 0.15) is 40.6 Å². The molecule has 6 aromatic rings. The largest absolute Gasteiger partial charge is 0.444 e. The number of carbonyl (C=O) groups is 2. The summed E-state index contributed by atoms with van der Waals surface area (Å²) in [5.41, 5.74) is 9.29. The number of anilines is 4. The molecule has 0 saturated carbocycles. The molecule has 0 bridgehead atoms. The number of nitriles is 1. The molecule has 14 heteroatoms. The number of nitrogens with one attached hydrogen (secondary N) is 1. The van der Waals surface area contributed by atoms with Gasteiger partial charge in [0.05, 0.1) is 48.2 Å². The molecule has 1 N–H and O–H groups in total. The number of hydrogen-bond donors (Lipinski definition) is 1. The van der Waals surface area contributed by atoms with Crippen LogP contribution in [0.15, 0.2) is 73.6 Å². The summed E-state index contributed by atoms with van der Waals surface area (Å²) in [6, 6.07) is 18.0. The van der Waals surface area contributed by atoms with E-state index < -0.39 is 11.7 Å². The van der Waals surface area contributed by atoms with E-state index in [0.29, 0.717) is 18.7 Å². The number of amides is 1. The van der Waals surface area contributed by atoms with Crippen molar-refractivity contribution >= 4 is 57.5 Å². The maximum Gasteiger partial charge on any atom is 0.407 e. The topological polar surface area (TPSA) is 150 Å². The molecule has 1 amide bonds. The van der Waals surface area contributed by atoms with Gasteiger partial charge < -0.3 is 29.0 Å². The van der Waals surface area contributed by atoms with E-state index in [2.05, 4.69) is 67.1 Å². The van der Waals surface area contributed by atoms with E-state index in [1.165, 1.54) is 0 Å². The number of aldehydes is 1. The third kappa shape index (κ3) is 8.89. The van der Waals surface area contributed by atoms with Crippen LogP contribution in [0, 0.1) is 11.3 Å². The van der Waals surface area contributed by atoms with Crippen LogP contribution in [0.25, 0.3) is 22.1 Å². The fraction of sp³-hybridized carbons (Fsp3) is 0.372. The number of aromatic nitrogens is 6. The molecule has 57 heavy (non-hydrogen) atoms. The number of benzene rings is 2. The molecule has 1 fully saturated rings. The molecule has 7 rings (SSSR count). The highest BCUT2D eigenvalue weighted by molar-refractivity contribution is 5.81. The van der Waals surface area contributed by atoms with Crippen molar-refractivity contribution in [3.05, 3.63) is 95.8 Å². The standard InChI is InChI=1S/C26H33N7O2.C17H18N4O/c1-7-17-10-18(23(12-27)33-14-19(15-33)30-25(34)35-26(2,3)4)8-9-21(17)32(6)24-11-22-20(13-28-24)29-16-31(22)5;1-4-13-7-12(10-22)5-6-15(13)21(3)17-8-16-14(9-18-17)19-11-20(16)2/h8-11,13,16,19,23H,7,14-15H2,1-6H3,(H,30,34);5-11H,4H2,1-3H3. The minimum atomic E-state index is -0.535. The van der Waals surface area contributed by atoms with Gasteiger partial charge in [0.25, 0.3) is 0 Å². The lowest BCUT2D eigenvalue weighted by atomic mass is 9.97. The molecular formula is C43H51N11O3. The molecule has 0 spiro atoms. The number of fused-ring (bicyclic) bond motifs is 2. The van der Waals surface area contributed by atoms with Gasteiger partial charge in [-0.15, -0.1) is 0 Å². The molecule has 4 aromatic heterocycles. The second-order valence-electron chi connectivity index (χ2n) is 15.3. The van der Waals surface area contributed by atoms with Crippen LogP contribution in [0.3, 0.4) is 0 Å². The number of aryl methyl sites for hydroxylation is 4. The third-order valence-corrected chi connectivity index (χ3v) is 10.1. The number of imidazole rings is 2. The highest BCUT2D eigenvalue weighted by Gasteiger charge is 2.35. The van der Waals surface area contributed by atoms with Crippen LogP contribution in [-0.2, 0) is 31.7 Å². The zero-order chi connectivity index (χ0) is 41.0. The molecule has 0 aliphatic carbocycles. The number of likely N-dealkylation sites (tertiary alicyclic amines) is 1. The average molecular weight is 770 g/mol. The minimum absolute atomic E-state index is 0.0234. The second-order valence-corrected chi connectivity index (χ2v) is 15.3. The first kappa shape index (κ1) is 40.3. The first-order valence-corrected chi connectivity index (χ1v) is 19.1. The lowest BCUT2D eigenvalue weighted by molar-refractivity contribution is 0.0367. The fourth-order valence-electron chi connectivity index (χ4n) is 6.98. The van der Waals surface area contributed by atoms with Crippen LogP contribution in [-0.4, -0.2) is 85.2 Å². The molecule has 1 aliphatic heterocycles. The van der Waals surface area contributed by atoms with Crippen LogP contribution in [0.2, 0.25) is 0 Å². The van der Waals surface area contributed by atoms with Crippen molar-refractivity contribution in [2.45, 2.75) is 65.1 Å². The highest BCUT2D eigenvalue weighted by Crippen LogP contribution is 2.33. The van der Waals surface area contributed by atoms with Gasteiger partial charge in [0.15, 0.2) is 0 Å². The van der Waals surface area contributed by atoms with Gasteiger partial charge >= 0.3 is 6.09 Å². The Balaban J connectivity index is 0.000000214. The molecule has 296 valence electrons. The summed E-state index contributed by atoms with van der Waals surface area (Å²) >= 11 is 0. The first-order valence-electron chi connectivity index (χ1n) is 19.1. The molecule has 1 saturated heterocycles. The number of hydrogen-bond acceptors (Lipinski definition) is 11. The predicted octanol–water partition coefficient (Wildman–Crippen LogP) is 7.18. The Bertz CT molecular complexity index is 2440. The quantitative estimate of drug-likeness (QED) is 0.141. The van der Waals surface area contributed by atoms with Crippen LogP contribution in [0.1, 0.15) is 67.7 Å². The Hall–Kier alpha value is -6.33. The van der Waals surface area contributed by atoms with Crippen molar-refractivity contribution in [3.8, 4) is 6.07 Å². The van der Waals surface area contributed by atoms with Gasteiger partial charge in [-0.05, 0) is 74.6 Å². The molecule has 5 heterocycles. The summed E-state index contributed by atoms with van der Waals surface area (Å²) in [4.78, 5) is 46.9. The van der Waals surface area contributed by atoms with Crippen LogP contribution in [0.5, 0.6) is 0 Å². The van der Waals surface area contributed by atoms with Gasteiger partial charge in [-0.25, -0.2) is 24.7 Å². The number of ether oxygens (including phenoxy) is 1. The van der Waals surface area contributed by atoms with Crippen molar-refractivity contribution < 1.29 is 14.3 Å². The van der Waals surface area contributed by atoms with Gasteiger partial charge in [0, 0.05) is 70.4 Å². The van der Waals surface area contributed by atoms with Gasteiger partial charge in [-0.3, -0.25) is 9.69 Å². The molecule has 1 aliphatic rings. The third-order valence-electron chi connectivity index (χ3n) is 10.1. The zero-order valence-corrected chi connectivity index (χ0v) is 34.2. The van der Waals surface area contributed by atoms with Crippen molar-refractivity contribution in [2.75, 3.05) is 37.0 Å². The minimum Gasteiger partial charge on any atom is -0.444 e. The monoisotopic (exact) mass is 769 g/mol. The lowest BCUT2D eigenvalue weighted by Gasteiger charge is -2.42. The molecule has 0 radical (unpaired) electrons. The smallest absolute Gasteiger partial charge is 0.407 e. The summed E-state index contributed by atoms with van der Waals surface area (Å²) in [7, 11) is 7.93. The number of carbonyl (C=O) groups excluding carboxylic acids is 2. The molecule has 1 unspecified atom stereocenters. The lowest BCUT2D eigenvalue weighted by Crippen LogP contribution is -2.60.